The number of hydrogen-bond acceptors (Lipinski definition) is 5. The van der Waals surface area contributed by atoms with Crippen molar-refractivity contribution in [1.82, 2.24) is 10.2 Å². The van der Waals surface area contributed by atoms with E-state index in [-0.39, 0.29) is 23.9 Å². The smallest absolute Gasteiger partial charge is 0.410 e. The molecule has 1 rings (SSSR count). The normalized spacial score (nSPS) is 21.0. The Balaban J connectivity index is 2.40. The molecule has 0 bridgehead atoms. The Kier molecular flexibility index (Phi) is 6.67. The second-order valence-corrected chi connectivity index (χ2v) is 9.39. The number of likely N-dealkylation sites (tertiary alicyclic amines) is 1. The predicted molar refractivity (Wildman–Crippen MR) is 87.8 cm³/mol. The van der Waals surface area contributed by atoms with Gasteiger partial charge < -0.3 is 15.0 Å². The van der Waals surface area contributed by atoms with Gasteiger partial charge in [-0.1, -0.05) is 0 Å². The Morgan fingerprint density at radius 3 is 2.59 bits per heavy atom. The number of hydrogen-bond donors (Lipinski definition) is 1. The molecule has 1 saturated heterocycles. The molecule has 0 aromatic carbocycles. The molecule has 1 N–H and O–H groups in total. The second-order valence-electron chi connectivity index (χ2n) is 7.21. The molecular weight excluding hydrogens is 304 g/mol. The van der Waals surface area contributed by atoms with Gasteiger partial charge in [0.25, 0.3) is 0 Å². The summed E-state index contributed by atoms with van der Waals surface area (Å²) in [7, 11) is -2.96. The molecule has 0 aromatic heterocycles. The minimum atomic E-state index is -2.96. The van der Waals surface area contributed by atoms with E-state index in [0.717, 1.165) is 25.8 Å². The molecule has 1 amide bonds. The molecule has 22 heavy (non-hydrogen) atoms. The Morgan fingerprint density at radius 1 is 1.41 bits per heavy atom. The van der Waals surface area contributed by atoms with E-state index >= 15 is 0 Å². The molecular formula is C15H30N2O4S. The average molecular weight is 334 g/mol. The van der Waals surface area contributed by atoms with Gasteiger partial charge in [0.2, 0.25) is 0 Å². The number of carbonyl (C=O) groups is 1. The van der Waals surface area contributed by atoms with Crippen LogP contribution in [0, 0.1) is 0 Å². The summed E-state index contributed by atoms with van der Waals surface area (Å²) in [4.78, 5) is 14.0. The molecule has 0 aliphatic carbocycles. The molecule has 2 unspecified atom stereocenters. The van der Waals surface area contributed by atoms with Gasteiger partial charge in [0, 0.05) is 24.9 Å². The maximum Gasteiger partial charge on any atom is 0.410 e. The van der Waals surface area contributed by atoms with E-state index in [0.29, 0.717) is 6.54 Å². The monoisotopic (exact) mass is 334 g/mol. The summed E-state index contributed by atoms with van der Waals surface area (Å²) in [5.74, 6) is 0.132. The molecule has 0 aromatic rings. The molecule has 2 atom stereocenters. The highest BCUT2D eigenvalue weighted by molar-refractivity contribution is 7.90. The SMILES string of the molecule is CC(CS(C)(=O)=O)NCCC1CCCN1C(=O)OC(C)(C)C. The van der Waals surface area contributed by atoms with Crippen molar-refractivity contribution in [2.24, 2.45) is 0 Å². The zero-order valence-electron chi connectivity index (χ0n) is 14.4. The largest absolute Gasteiger partial charge is 0.444 e. The van der Waals surface area contributed by atoms with Gasteiger partial charge in [-0.15, -0.1) is 0 Å². The van der Waals surface area contributed by atoms with Crippen LogP contribution in [0.1, 0.15) is 47.0 Å². The Morgan fingerprint density at radius 2 is 2.05 bits per heavy atom. The van der Waals surface area contributed by atoms with Gasteiger partial charge in [0.15, 0.2) is 0 Å². The van der Waals surface area contributed by atoms with Crippen molar-refractivity contribution in [3.63, 3.8) is 0 Å². The van der Waals surface area contributed by atoms with E-state index in [4.69, 9.17) is 4.74 Å². The highest BCUT2D eigenvalue weighted by atomic mass is 32.2. The predicted octanol–water partition coefficient (Wildman–Crippen LogP) is 1.80. The highest BCUT2D eigenvalue weighted by Gasteiger charge is 2.31. The summed E-state index contributed by atoms with van der Waals surface area (Å²) < 4.78 is 27.9. The van der Waals surface area contributed by atoms with E-state index in [2.05, 4.69) is 5.32 Å². The van der Waals surface area contributed by atoms with E-state index in [1.807, 2.05) is 27.7 Å². The lowest BCUT2D eigenvalue weighted by molar-refractivity contribution is 0.0220. The van der Waals surface area contributed by atoms with Gasteiger partial charge in [-0.25, -0.2) is 13.2 Å². The Bertz CT molecular complexity index is 470. The molecule has 0 radical (unpaired) electrons. The van der Waals surface area contributed by atoms with Crippen molar-refractivity contribution in [2.45, 2.75) is 64.6 Å². The van der Waals surface area contributed by atoms with Crippen LogP contribution in [0.4, 0.5) is 4.79 Å². The van der Waals surface area contributed by atoms with Crippen molar-refractivity contribution in [1.29, 1.82) is 0 Å². The first-order valence-electron chi connectivity index (χ1n) is 7.88. The summed E-state index contributed by atoms with van der Waals surface area (Å²) in [6.45, 7) is 8.89. The van der Waals surface area contributed by atoms with E-state index in [1.165, 1.54) is 6.26 Å². The molecule has 0 saturated carbocycles. The highest BCUT2D eigenvalue weighted by Crippen LogP contribution is 2.22. The van der Waals surface area contributed by atoms with Crippen LogP contribution >= 0.6 is 0 Å². The van der Waals surface area contributed by atoms with Crippen LogP contribution in [0.3, 0.4) is 0 Å². The maximum atomic E-state index is 12.2. The molecule has 1 heterocycles. The van der Waals surface area contributed by atoms with Crippen LogP contribution in [-0.2, 0) is 14.6 Å². The van der Waals surface area contributed by atoms with Crippen molar-refractivity contribution in [3.8, 4) is 0 Å². The first-order chi connectivity index (χ1) is 9.98. The van der Waals surface area contributed by atoms with Gasteiger partial charge in [-0.3, -0.25) is 0 Å². The Hall–Kier alpha value is -0.820. The first kappa shape index (κ1) is 19.2. The summed E-state index contributed by atoms with van der Waals surface area (Å²) in [6, 6.07) is 0.0964. The van der Waals surface area contributed by atoms with Crippen LogP contribution in [0.2, 0.25) is 0 Å². The van der Waals surface area contributed by atoms with E-state index in [1.54, 1.807) is 4.90 Å². The zero-order chi connectivity index (χ0) is 17.0. The number of ether oxygens (including phenoxy) is 1. The van der Waals surface area contributed by atoms with Crippen molar-refractivity contribution in [2.75, 3.05) is 25.1 Å². The lowest BCUT2D eigenvalue weighted by atomic mass is 10.1. The van der Waals surface area contributed by atoms with Gasteiger partial charge in [-0.05, 0) is 53.5 Å². The van der Waals surface area contributed by atoms with Gasteiger partial charge in [0.1, 0.15) is 15.4 Å². The van der Waals surface area contributed by atoms with Gasteiger partial charge >= 0.3 is 6.09 Å². The molecule has 1 aliphatic heterocycles. The third-order valence-corrected chi connectivity index (χ3v) is 4.63. The number of carbonyl (C=O) groups excluding carboxylic acids is 1. The number of sulfone groups is 1. The number of rotatable bonds is 6. The fraction of sp³-hybridized carbons (Fsp3) is 0.933. The molecule has 6 nitrogen and oxygen atoms in total. The van der Waals surface area contributed by atoms with Crippen molar-refractivity contribution < 1.29 is 17.9 Å². The summed E-state index contributed by atoms with van der Waals surface area (Å²) in [5.41, 5.74) is -0.480. The fourth-order valence-corrected chi connectivity index (χ4v) is 3.73. The van der Waals surface area contributed by atoms with Crippen LogP contribution in [-0.4, -0.2) is 62.2 Å². The van der Waals surface area contributed by atoms with Crippen LogP contribution in [0.5, 0.6) is 0 Å². The Labute approximate surface area is 134 Å². The molecule has 0 spiro atoms. The van der Waals surface area contributed by atoms with E-state index < -0.39 is 15.4 Å². The minimum absolute atomic E-state index is 0.0774. The topological polar surface area (TPSA) is 75.7 Å². The van der Waals surface area contributed by atoms with Crippen LogP contribution in [0.15, 0.2) is 0 Å². The summed E-state index contributed by atoms with van der Waals surface area (Å²) in [5, 5.41) is 3.22. The number of amides is 1. The third kappa shape index (κ3) is 7.45. The first-order valence-corrected chi connectivity index (χ1v) is 9.95. The average Bonchev–Trinajstić information content (AvgIpc) is 2.72. The third-order valence-electron chi connectivity index (χ3n) is 3.53. The molecule has 1 aliphatic rings. The maximum absolute atomic E-state index is 12.2. The fourth-order valence-electron chi connectivity index (χ4n) is 2.71. The lowest BCUT2D eigenvalue weighted by Crippen LogP contribution is -2.42. The summed E-state index contributed by atoms with van der Waals surface area (Å²) >= 11 is 0. The molecule has 1 fully saturated rings. The molecule has 130 valence electrons. The van der Waals surface area contributed by atoms with Crippen LogP contribution < -0.4 is 5.32 Å². The second kappa shape index (κ2) is 7.64. The summed E-state index contributed by atoms with van der Waals surface area (Å²) in [6.07, 6.45) is 3.77. The molecule has 7 heteroatoms. The number of nitrogens with one attached hydrogen (secondary N) is 1. The zero-order valence-corrected chi connectivity index (χ0v) is 15.2. The van der Waals surface area contributed by atoms with E-state index in [9.17, 15) is 13.2 Å². The van der Waals surface area contributed by atoms with Crippen LogP contribution in [0.25, 0.3) is 0 Å². The standard InChI is InChI=1S/C15H30N2O4S/c1-12(11-22(5,19)20)16-9-8-13-7-6-10-17(13)14(18)21-15(2,3)4/h12-13,16H,6-11H2,1-5H3. The van der Waals surface area contributed by atoms with Gasteiger partial charge in [-0.2, -0.15) is 0 Å². The van der Waals surface area contributed by atoms with Gasteiger partial charge in [0.05, 0.1) is 5.75 Å². The van der Waals surface area contributed by atoms with Crippen molar-refractivity contribution in [3.05, 3.63) is 0 Å². The number of nitrogens with zero attached hydrogens (tertiary/aromatic N) is 1. The minimum Gasteiger partial charge on any atom is -0.444 e. The quantitative estimate of drug-likeness (QED) is 0.801. The lowest BCUT2D eigenvalue weighted by Gasteiger charge is -2.29. The van der Waals surface area contributed by atoms with Crippen molar-refractivity contribution >= 4 is 15.9 Å².